The van der Waals surface area contributed by atoms with Crippen LogP contribution in [0.4, 0.5) is 0 Å². The average Bonchev–Trinajstić information content (AvgIpc) is 3.05. The van der Waals surface area contributed by atoms with Crippen LogP contribution >= 0.6 is 0 Å². The van der Waals surface area contributed by atoms with Crippen molar-refractivity contribution in [2.45, 2.75) is 178 Å². The minimum Gasteiger partial charge on any atom is -0.459 e. The van der Waals surface area contributed by atoms with Crippen LogP contribution < -0.4 is 0 Å². The second-order valence-electron chi connectivity index (χ2n) is 17.9. The number of hydrogen-bond donors (Lipinski definition) is 0. The van der Waals surface area contributed by atoms with Gasteiger partial charge in [-0.05, 0) is 83.0 Å². The number of rotatable bonds is 16. The molecule has 308 valence electrons. The Morgan fingerprint density at radius 1 is 0.446 bits per heavy atom. The molecule has 0 aromatic carbocycles. The molecular weight excluding hydrogens is 724 g/mol. The Kier molecular flexibility index (Phi) is 12.6. The Bertz CT molecular complexity index is 1620. The highest BCUT2D eigenvalue weighted by atomic mass is 16.6. The van der Waals surface area contributed by atoms with Crippen LogP contribution in [-0.4, -0.2) is 75.2 Å². The Morgan fingerprint density at radius 2 is 0.714 bits per heavy atom. The summed E-state index contributed by atoms with van der Waals surface area (Å²) < 4.78 is 29.3. The highest BCUT2D eigenvalue weighted by molar-refractivity contribution is 5.96. The molecule has 8 aliphatic rings. The van der Waals surface area contributed by atoms with Crippen molar-refractivity contribution in [2.75, 3.05) is 0 Å². The fraction of sp³-hybridized carbons (Fsp3) is 0.721. The number of carbonyl (C=O) groups is 8. The van der Waals surface area contributed by atoms with Gasteiger partial charge < -0.3 is 23.7 Å². The molecule has 8 aliphatic carbocycles. The van der Waals surface area contributed by atoms with E-state index in [9.17, 15) is 38.4 Å². The smallest absolute Gasteiger partial charge is 0.333 e. The molecule has 0 aromatic rings. The van der Waals surface area contributed by atoms with Crippen LogP contribution in [0, 0.1) is 17.8 Å². The molecule has 0 saturated heterocycles. The quantitative estimate of drug-likeness (QED) is 0.0742. The van der Waals surface area contributed by atoms with Crippen molar-refractivity contribution in [3.05, 3.63) is 24.3 Å². The summed E-state index contributed by atoms with van der Waals surface area (Å²) >= 11 is 0. The second kappa shape index (κ2) is 16.4. The lowest BCUT2D eigenvalue weighted by Crippen LogP contribution is -2.69. The maximum atomic E-state index is 12.5. The average molecular weight is 783 g/mol. The van der Waals surface area contributed by atoms with E-state index < -0.39 is 51.9 Å². The van der Waals surface area contributed by atoms with Crippen LogP contribution in [0.25, 0.3) is 0 Å². The van der Waals surface area contributed by atoms with Gasteiger partial charge in [-0.1, -0.05) is 33.9 Å². The molecule has 4 atom stereocenters. The summed E-state index contributed by atoms with van der Waals surface area (Å²) in [6.07, 6.45) is 7.52. The predicted molar refractivity (Wildman–Crippen MR) is 199 cm³/mol. The van der Waals surface area contributed by atoms with Gasteiger partial charge in [-0.2, -0.15) is 0 Å². The molecule has 0 radical (unpaired) electrons. The lowest BCUT2D eigenvalue weighted by Gasteiger charge is -2.63. The third kappa shape index (κ3) is 9.85. The van der Waals surface area contributed by atoms with Crippen LogP contribution in [0.3, 0.4) is 0 Å². The first kappa shape index (κ1) is 43.0. The summed E-state index contributed by atoms with van der Waals surface area (Å²) in [5, 5.41) is 0. The van der Waals surface area contributed by atoms with Gasteiger partial charge in [-0.15, -0.1) is 0 Å². The molecule has 0 heterocycles. The van der Waals surface area contributed by atoms with Gasteiger partial charge >= 0.3 is 29.8 Å². The highest BCUT2D eigenvalue weighted by Crippen LogP contribution is 2.63. The third-order valence-corrected chi connectivity index (χ3v) is 12.4. The lowest BCUT2D eigenvalue weighted by atomic mass is 9.50. The van der Waals surface area contributed by atoms with E-state index in [0.717, 1.165) is 32.1 Å². The van der Waals surface area contributed by atoms with Gasteiger partial charge in [0.2, 0.25) is 0 Å². The van der Waals surface area contributed by atoms with E-state index in [1.165, 1.54) is 0 Å². The van der Waals surface area contributed by atoms with Crippen molar-refractivity contribution < 1.29 is 62.0 Å². The zero-order valence-corrected chi connectivity index (χ0v) is 33.7. The molecule has 0 spiro atoms. The molecule has 0 aromatic heterocycles. The summed E-state index contributed by atoms with van der Waals surface area (Å²) in [6, 6.07) is 0. The van der Waals surface area contributed by atoms with Crippen LogP contribution in [0.15, 0.2) is 24.3 Å². The zero-order chi connectivity index (χ0) is 41.3. The Balaban J connectivity index is 0.000000223. The van der Waals surface area contributed by atoms with Gasteiger partial charge in [0.15, 0.2) is 0 Å². The van der Waals surface area contributed by atoms with Crippen molar-refractivity contribution in [1.82, 2.24) is 0 Å². The molecular formula is C43H58O13. The van der Waals surface area contributed by atoms with Crippen molar-refractivity contribution in [3.63, 3.8) is 0 Å². The molecule has 0 N–H and O–H groups in total. The van der Waals surface area contributed by atoms with Crippen molar-refractivity contribution >= 4 is 47.2 Å². The van der Waals surface area contributed by atoms with Gasteiger partial charge in [0.05, 0.1) is 0 Å². The number of carbonyl (C=O) groups excluding carboxylic acids is 8. The van der Waals surface area contributed by atoms with E-state index in [1.807, 2.05) is 0 Å². The fourth-order valence-corrected chi connectivity index (χ4v) is 11.1. The number of hydrogen-bond acceptors (Lipinski definition) is 13. The number of ketones is 3. The minimum absolute atomic E-state index is 0.00789. The molecule has 4 unspecified atom stereocenters. The molecule has 0 amide bonds. The standard InChI is InChI=1S/C24H32O8.C19H26O5/c1-5-17(25)7-19(27)30-22-9-16-10-23(12-22,31-20(28)8-18(26)6-2)14-24(11-16,13-22)32-21(29)15(3)4;1-4-15(20)6-16(21)23-18-7-13-5-14(8-18)10-19(9-13,11-18)24-17(22)12(2)3/h16H,3,5-14H2,1-2,4H3;13-14H,2,4-11H2,1,3H3. The SMILES string of the molecule is C=C(C)C(=O)OC12CC3CC(CC(OC(=O)CC(=O)CC)(C3)C1)C2.C=C(C)C(=O)OC12CC3CC(OC(=O)CC(=O)CC)(CC(OC(=O)CC(=O)CC)(C3)C1)C2. The summed E-state index contributed by atoms with van der Waals surface area (Å²) in [7, 11) is 0. The van der Waals surface area contributed by atoms with E-state index >= 15 is 0 Å². The van der Waals surface area contributed by atoms with Gasteiger partial charge in [-0.3, -0.25) is 28.8 Å². The molecule has 13 heteroatoms. The van der Waals surface area contributed by atoms with Crippen LogP contribution in [0.1, 0.15) is 150 Å². The summed E-state index contributed by atoms with van der Waals surface area (Å²) in [6.45, 7) is 15.6. The highest BCUT2D eigenvalue weighted by Gasteiger charge is 2.68. The van der Waals surface area contributed by atoms with E-state index in [-0.39, 0.29) is 86.2 Å². The molecule has 13 nitrogen and oxygen atoms in total. The topological polar surface area (TPSA) is 183 Å². The maximum absolute atomic E-state index is 12.5. The molecule has 8 bridgehead atoms. The largest absolute Gasteiger partial charge is 0.459 e. The number of esters is 5. The van der Waals surface area contributed by atoms with Gasteiger partial charge in [0, 0.05) is 56.1 Å². The lowest BCUT2D eigenvalue weighted by molar-refractivity contribution is -0.271. The molecule has 8 saturated carbocycles. The fourth-order valence-electron chi connectivity index (χ4n) is 11.1. The Labute approximate surface area is 329 Å². The normalized spacial score (nSPS) is 33.9. The Hall–Kier alpha value is -4.16. The minimum atomic E-state index is -0.991. The zero-order valence-electron chi connectivity index (χ0n) is 33.7. The first-order chi connectivity index (χ1) is 26.2. The summed E-state index contributed by atoms with van der Waals surface area (Å²) in [4.78, 5) is 96.7. The van der Waals surface area contributed by atoms with Gasteiger partial charge in [0.1, 0.15) is 64.6 Å². The molecule has 8 fully saturated rings. The van der Waals surface area contributed by atoms with E-state index in [0.29, 0.717) is 49.5 Å². The van der Waals surface area contributed by atoms with Crippen molar-refractivity contribution in [3.8, 4) is 0 Å². The van der Waals surface area contributed by atoms with Crippen LogP contribution in [0.2, 0.25) is 0 Å². The van der Waals surface area contributed by atoms with Gasteiger partial charge in [-0.25, -0.2) is 9.59 Å². The second-order valence-corrected chi connectivity index (χ2v) is 17.9. The van der Waals surface area contributed by atoms with Crippen molar-refractivity contribution in [2.24, 2.45) is 17.8 Å². The van der Waals surface area contributed by atoms with Crippen LogP contribution in [-0.2, 0) is 62.0 Å². The predicted octanol–water partition coefficient (Wildman–Crippen LogP) is 6.25. The molecule has 0 aliphatic heterocycles. The first-order valence-electron chi connectivity index (χ1n) is 20.2. The van der Waals surface area contributed by atoms with Crippen LogP contribution in [0.5, 0.6) is 0 Å². The van der Waals surface area contributed by atoms with Gasteiger partial charge in [0.25, 0.3) is 0 Å². The molecule has 56 heavy (non-hydrogen) atoms. The first-order valence-corrected chi connectivity index (χ1v) is 20.2. The number of ether oxygens (including phenoxy) is 5. The Morgan fingerprint density at radius 3 is 1.05 bits per heavy atom. The number of Topliss-reactive ketones (excluding diaryl/α,β-unsaturated/α-hetero) is 3. The summed E-state index contributed by atoms with van der Waals surface area (Å²) in [5.74, 6) is -2.29. The monoisotopic (exact) mass is 782 g/mol. The molecule has 8 rings (SSSR count). The maximum Gasteiger partial charge on any atom is 0.333 e. The van der Waals surface area contributed by atoms with E-state index in [2.05, 4.69) is 13.2 Å². The summed E-state index contributed by atoms with van der Waals surface area (Å²) in [5.41, 5.74) is -3.39. The van der Waals surface area contributed by atoms with Crippen molar-refractivity contribution in [1.29, 1.82) is 0 Å². The van der Waals surface area contributed by atoms with E-state index in [4.69, 9.17) is 23.7 Å². The third-order valence-electron chi connectivity index (χ3n) is 12.4. The van der Waals surface area contributed by atoms with E-state index in [1.54, 1.807) is 34.6 Å².